The molecule has 3 N–H and O–H groups in total. The van der Waals surface area contributed by atoms with Crippen molar-refractivity contribution in [3.63, 3.8) is 0 Å². The van der Waals surface area contributed by atoms with E-state index >= 15 is 0 Å². The monoisotopic (exact) mass is 430 g/mol. The molecule has 1 saturated heterocycles. The van der Waals surface area contributed by atoms with Gasteiger partial charge in [-0.05, 0) is 80.1 Å². The number of benzene rings is 1. The second-order valence-electron chi connectivity index (χ2n) is 10.6. The minimum Gasteiger partial charge on any atom is -0.393 e. The molecule has 1 aromatic carbocycles. The number of nitrogens with two attached hydrogens (primary N) is 1. The highest BCUT2D eigenvalue weighted by molar-refractivity contribution is 6.67. The number of fused-ring (bicyclic) bond motifs is 2. The second kappa shape index (κ2) is 9.01. The Morgan fingerprint density at radius 3 is 2.56 bits per heavy atom. The van der Waals surface area contributed by atoms with Gasteiger partial charge in [-0.15, -0.1) is 0 Å². The summed E-state index contributed by atoms with van der Waals surface area (Å²) in [6, 6.07) is 7.54. The van der Waals surface area contributed by atoms with Crippen LogP contribution >= 0.6 is 0 Å². The topological polar surface area (TPSA) is 44.5 Å². The summed E-state index contributed by atoms with van der Waals surface area (Å²) < 4.78 is 0. The fourth-order valence-electron chi connectivity index (χ4n) is 6.64. The van der Waals surface area contributed by atoms with Crippen LogP contribution in [0.3, 0.4) is 0 Å². The molecule has 1 atom stereocenters. The Hall–Kier alpha value is -2.14. The van der Waals surface area contributed by atoms with Crippen LogP contribution in [0.1, 0.15) is 55.7 Å². The van der Waals surface area contributed by atoms with E-state index in [1.807, 2.05) is 0 Å². The summed E-state index contributed by atoms with van der Waals surface area (Å²) in [7, 11) is 0. The first kappa shape index (κ1) is 21.7. The van der Waals surface area contributed by atoms with E-state index in [1.54, 1.807) is 5.56 Å². The fourth-order valence-corrected chi connectivity index (χ4v) is 6.64. The Morgan fingerprint density at radius 1 is 1.12 bits per heavy atom. The summed E-state index contributed by atoms with van der Waals surface area (Å²) in [6.07, 6.45) is 8.97. The van der Waals surface area contributed by atoms with E-state index in [1.165, 1.54) is 54.5 Å². The van der Waals surface area contributed by atoms with Crippen molar-refractivity contribution in [1.29, 1.82) is 0 Å². The lowest BCUT2D eigenvalue weighted by Gasteiger charge is -2.42. The third kappa shape index (κ3) is 4.37. The zero-order valence-electron chi connectivity index (χ0n) is 19.8. The van der Waals surface area contributed by atoms with Crippen molar-refractivity contribution >= 4 is 12.3 Å². The summed E-state index contributed by atoms with van der Waals surface area (Å²) in [6.45, 7) is 15.2. The third-order valence-corrected chi connectivity index (χ3v) is 8.48. The van der Waals surface area contributed by atoms with Crippen molar-refractivity contribution in [3.8, 4) is 0 Å². The molecule has 0 radical (unpaired) electrons. The van der Waals surface area contributed by atoms with Crippen LogP contribution in [0.25, 0.3) is 5.57 Å². The van der Waals surface area contributed by atoms with Gasteiger partial charge in [-0.25, -0.2) is 0 Å². The second-order valence-corrected chi connectivity index (χ2v) is 10.6. The number of hydrogen-bond acceptors (Lipinski definition) is 4. The van der Waals surface area contributed by atoms with E-state index in [2.05, 4.69) is 59.4 Å². The SMILES string of the molecule is C=C(C)c1cccc2c1CB1C=C(CC3CCC(N4CCN(C(=C)N)CC4)CC3)NC1C2. The largest absolute Gasteiger partial charge is 0.393 e. The number of piperazine rings is 1. The average Bonchev–Trinajstić information content (AvgIpc) is 3.18. The van der Waals surface area contributed by atoms with Crippen LogP contribution in [0.15, 0.2) is 48.9 Å². The third-order valence-electron chi connectivity index (χ3n) is 8.48. The van der Waals surface area contributed by atoms with E-state index in [9.17, 15) is 0 Å². The van der Waals surface area contributed by atoms with E-state index in [-0.39, 0.29) is 0 Å². The Morgan fingerprint density at radius 2 is 1.88 bits per heavy atom. The van der Waals surface area contributed by atoms with Gasteiger partial charge in [0.05, 0.1) is 5.82 Å². The minimum atomic E-state index is 0.586. The molecule has 5 rings (SSSR count). The molecule has 4 aliphatic rings. The van der Waals surface area contributed by atoms with Gasteiger partial charge in [-0.3, -0.25) is 4.90 Å². The number of allylic oxidation sites excluding steroid dienone is 2. The lowest BCUT2D eigenvalue weighted by atomic mass is 9.39. The molecular weight excluding hydrogens is 391 g/mol. The van der Waals surface area contributed by atoms with Crippen LogP contribution in [0.4, 0.5) is 0 Å². The maximum atomic E-state index is 5.87. The molecule has 1 saturated carbocycles. The van der Waals surface area contributed by atoms with Gasteiger partial charge < -0.3 is 16.0 Å². The van der Waals surface area contributed by atoms with Gasteiger partial charge in [0, 0.05) is 38.2 Å². The van der Waals surface area contributed by atoms with Crippen molar-refractivity contribution in [2.75, 3.05) is 26.2 Å². The fraction of sp³-hybridized carbons (Fsp3) is 0.556. The first-order valence-electron chi connectivity index (χ1n) is 12.6. The number of rotatable bonds is 5. The highest BCUT2D eigenvalue weighted by atomic mass is 15.3. The smallest absolute Gasteiger partial charge is 0.199 e. The van der Waals surface area contributed by atoms with E-state index in [4.69, 9.17) is 5.73 Å². The molecule has 0 bridgehead atoms. The maximum absolute atomic E-state index is 5.87. The molecule has 0 amide bonds. The standard InChI is InChI=1S/C27H39BN4/c1-19(2)25-6-4-5-22-16-27-28(18-26(22)25)17-23(30-27)15-21-7-9-24(10-8-21)32-13-11-31(12-14-32)20(3)29/h4-6,17,21,24,27,30H,1,3,7-16,18,29H2,2H3. The highest BCUT2D eigenvalue weighted by Crippen LogP contribution is 2.35. The van der Waals surface area contributed by atoms with Crippen LogP contribution in [0.2, 0.25) is 0 Å². The average molecular weight is 430 g/mol. The van der Waals surface area contributed by atoms with Gasteiger partial charge in [0.1, 0.15) is 0 Å². The Kier molecular flexibility index (Phi) is 6.11. The van der Waals surface area contributed by atoms with E-state index in [0.717, 1.165) is 56.7 Å². The van der Waals surface area contributed by atoms with E-state index in [0.29, 0.717) is 12.7 Å². The first-order chi connectivity index (χ1) is 15.5. The van der Waals surface area contributed by atoms with Gasteiger partial charge in [0.25, 0.3) is 0 Å². The van der Waals surface area contributed by atoms with Crippen LogP contribution in [0, 0.1) is 5.92 Å². The maximum Gasteiger partial charge on any atom is 0.199 e. The normalized spacial score (nSPS) is 27.9. The van der Waals surface area contributed by atoms with Crippen molar-refractivity contribution in [2.45, 2.75) is 63.8 Å². The summed E-state index contributed by atoms with van der Waals surface area (Å²) in [5, 5.41) is 3.92. The van der Waals surface area contributed by atoms with Crippen molar-refractivity contribution in [1.82, 2.24) is 15.1 Å². The molecule has 3 heterocycles. The lowest BCUT2D eigenvalue weighted by molar-refractivity contribution is 0.0834. The summed E-state index contributed by atoms with van der Waals surface area (Å²) in [5.41, 5.74) is 13.0. The molecule has 3 aliphatic heterocycles. The Balaban J connectivity index is 1.13. The van der Waals surface area contributed by atoms with Crippen LogP contribution in [-0.2, 0) is 12.7 Å². The lowest BCUT2D eigenvalue weighted by Crippen LogP contribution is -2.51. The van der Waals surface area contributed by atoms with Crippen LogP contribution in [-0.4, -0.2) is 54.7 Å². The zero-order valence-corrected chi connectivity index (χ0v) is 19.8. The number of nitrogens with one attached hydrogen (secondary N) is 1. The first-order valence-corrected chi connectivity index (χ1v) is 12.6. The van der Waals surface area contributed by atoms with Gasteiger partial charge >= 0.3 is 0 Å². The molecule has 170 valence electrons. The molecule has 1 aromatic rings. The summed E-state index contributed by atoms with van der Waals surface area (Å²) >= 11 is 0. The number of nitrogens with zero attached hydrogens (tertiary/aromatic N) is 2. The van der Waals surface area contributed by atoms with Crippen molar-refractivity contribution < 1.29 is 0 Å². The summed E-state index contributed by atoms with van der Waals surface area (Å²) in [4.78, 5) is 4.92. The molecular formula is C27H39BN4. The van der Waals surface area contributed by atoms with E-state index < -0.39 is 0 Å². The van der Waals surface area contributed by atoms with Crippen molar-refractivity contribution in [3.05, 3.63) is 65.5 Å². The molecule has 5 heteroatoms. The van der Waals surface area contributed by atoms with Gasteiger partial charge in [-0.1, -0.05) is 42.9 Å². The molecule has 0 aromatic heterocycles. The molecule has 1 aliphatic carbocycles. The molecule has 0 spiro atoms. The predicted molar refractivity (Wildman–Crippen MR) is 136 cm³/mol. The van der Waals surface area contributed by atoms with Crippen LogP contribution in [0.5, 0.6) is 0 Å². The number of hydrogen-bond donors (Lipinski definition) is 2. The Labute approximate surface area is 194 Å². The molecule has 2 fully saturated rings. The van der Waals surface area contributed by atoms with Gasteiger partial charge in [0.15, 0.2) is 6.71 Å². The zero-order chi connectivity index (χ0) is 22.2. The van der Waals surface area contributed by atoms with Crippen LogP contribution < -0.4 is 11.1 Å². The van der Waals surface area contributed by atoms with Crippen molar-refractivity contribution in [2.24, 2.45) is 11.7 Å². The quantitative estimate of drug-likeness (QED) is 0.698. The van der Waals surface area contributed by atoms with Gasteiger partial charge in [0.2, 0.25) is 0 Å². The molecule has 1 unspecified atom stereocenters. The minimum absolute atomic E-state index is 0.586. The van der Waals surface area contributed by atoms with Gasteiger partial charge in [-0.2, -0.15) is 0 Å². The highest BCUT2D eigenvalue weighted by Gasteiger charge is 2.37. The molecule has 4 nitrogen and oxygen atoms in total. The predicted octanol–water partition coefficient (Wildman–Crippen LogP) is 3.78. The molecule has 32 heavy (non-hydrogen) atoms. The summed E-state index contributed by atoms with van der Waals surface area (Å²) in [5.74, 6) is 4.73. The Bertz CT molecular complexity index is 906.